The number of hydrogen-bond donors (Lipinski definition) is 0. The van der Waals surface area contributed by atoms with E-state index in [9.17, 15) is 0 Å². The molecule has 0 nitrogen and oxygen atoms in total. The van der Waals surface area contributed by atoms with Crippen LogP contribution in [0.4, 0.5) is 0 Å². The van der Waals surface area contributed by atoms with Crippen LogP contribution < -0.4 is 35.3 Å². The van der Waals surface area contributed by atoms with Gasteiger partial charge in [-0.25, -0.2) is 0 Å². The van der Waals surface area contributed by atoms with Crippen molar-refractivity contribution in [2.45, 2.75) is 20.3 Å². The van der Waals surface area contributed by atoms with Gasteiger partial charge in [-0.3, -0.25) is 0 Å². The molecule has 0 saturated carbocycles. The zero-order valence-corrected chi connectivity index (χ0v) is 31.5. The molecule has 49 heavy (non-hydrogen) atoms. The molecule has 1 aliphatic rings. The molecule has 3 heteroatoms. The quantitative estimate of drug-likeness (QED) is 0.225. The molecule has 237 valence electrons. The molecule has 0 aromatic heterocycles. The van der Waals surface area contributed by atoms with E-state index in [0.717, 1.165) is 6.42 Å². The minimum atomic E-state index is 0. The Labute approximate surface area is 320 Å². The molecule has 0 spiro atoms. The maximum Gasteiger partial charge on any atom is 3.00 e. The van der Waals surface area contributed by atoms with E-state index in [0.29, 0.717) is 0 Å². The minimum absolute atomic E-state index is 0. The third-order valence-corrected chi connectivity index (χ3v) is 9.40. The number of benzene rings is 6. The summed E-state index contributed by atoms with van der Waals surface area (Å²) < 4.78 is 0. The summed E-state index contributed by atoms with van der Waals surface area (Å²) in [6.45, 7) is 4.50. The summed E-state index contributed by atoms with van der Waals surface area (Å²) in [5.74, 6) is 0. The van der Waals surface area contributed by atoms with Gasteiger partial charge in [0.05, 0.1) is 0 Å². The van der Waals surface area contributed by atoms with Gasteiger partial charge in [-0.15, -0.1) is 33.7 Å². The van der Waals surface area contributed by atoms with Crippen LogP contribution in [0.15, 0.2) is 152 Å². The van der Waals surface area contributed by atoms with Crippen molar-refractivity contribution in [1.82, 2.24) is 0 Å². The average molecular weight is 750 g/mol. The molecule has 0 N–H and O–H groups in total. The first-order chi connectivity index (χ1) is 22.6. The molecule has 7 aromatic rings. The molecular weight excluding hydrogens is 715 g/mol. The first-order valence-corrected chi connectivity index (χ1v) is 16.2. The fourth-order valence-electron chi connectivity index (χ4n) is 7.08. The van der Waals surface area contributed by atoms with Crippen molar-refractivity contribution in [3.63, 3.8) is 0 Å². The Morgan fingerprint density at radius 2 is 1.12 bits per heavy atom. The van der Waals surface area contributed by atoms with Crippen LogP contribution in [0.1, 0.15) is 34.2 Å². The monoisotopic (exact) mass is 747 g/mol. The van der Waals surface area contributed by atoms with Crippen molar-refractivity contribution in [2.75, 3.05) is 0 Å². The average Bonchev–Trinajstić information content (AvgIpc) is 3.76. The number of rotatable bonds is 5. The summed E-state index contributed by atoms with van der Waals surface area (Å²) in [4.78, 5) is 0. The summed E-state index contributed by atoms with van der Waals surface area (Å²) in [7, 11) is 0. The van der Waals surface area contributed by atoms with Gasteiger partial charge in [0, 0.05) is 0 Å². The van der Waals surface area contributed by atoms with E-state index < -0.39 is 0 Å². The summed E-state index contributed by atoms with van der Waals surface area (Å²) in [6.07, 6.45) is 12.5. The molecule has 0 bridgehead atoms. The van der Waals surface area contributed by atoms with Crippen molar-refractivity contribution in [2.24, 2.45) is 0 Å². The van der Waals surface area contributed by atoms with Gasteiger partial charge >= 0.3 is 26.2 Å². The summed E-state index contributed by atoms with van der Waals surface area (Å²) in [5.41, 5.74) is 12.7. The zero-order valence-electron chi connectivity index (χ0n) is 27.6. The summed E-state index contributed by atoms with van der Waals surface area (Å²) >= 11 is 0. The molecule has 1 aliphatic carbocycles. The van der Waals surface area contributed by atoms with Crippen molar-refractivity contribution < 1.29 is 51.0 Å². The maximum atomic E-state index is 2.42. The van der Waals surface area contributed by atoms with Gasteiger partial charge < -0.3 is 24.8 Å². The Kier molecular flexibility index (Phi) is 11.5. The number of hydrogen-bond acceptors (Lipinski definition) is 0. The summed E-state index contributed by atoms with van der Waals surface area (Å²) in [5, 5.41) is 7.86. The Morgan fingerprint density at radius 3 is 1.65 bits per heavy atom. The molecule has 0 heterocycles. The maximum absolute atomic E-state index is 2.42. The Balaban J connectivity index is 0.00000156. The zero-order chi connectivity index (χ0) is 31.0. The van der Waals surface area contributed by atoms with E-state index in [1.165, 1.54) is 87.6 Å². The van der Waals surface area contributed by atoms with E-state index in [2.05, 4.69) is 178 Å². The van der Waals surface area contributed by atoms with E-state index >= 15 is 0 Å². The third-order valence-electron chi connectivity index (χ3n) is 9.40. The van der Waals surface area contributed by atoms with Gasteiger partial charge in [-0.2, -0.15) is 0 Å². The Hall–Kier alpha value is -4.13. The molecule has 1 radical (unpaired) electrons. The first kappa shape index (κ1) is 36.2. The summed E-state index contributed by atoms with van der Waals surface area (Å²) in [6, 6.07) is 48.6. The minimum Gasteiger partial charge on any atom is -1.00 e. The van der Waals surface area contributed by atoms with Gasteiger partial charge in [0.25, 0.3) is 0 Å². The fourth-order valence-corrected chi connectivity index (χ4v) is 7.08. The number of aryl methyl sites for hydroxylation is 1. The predicted molar refractivity (Wildman–Crippen MR) is 198 cm³/mol. The van der Waals surface area contributed by atoms with Gasteiger partial charge in [0.15, 0.2) is 0 Å². The van der Waals surface area contributed by atoms with E-state index in [1.54, 1.807) is 0 Å². The second-order valence-corrected chi connectivity index (χ2v) is 12.4. The fraction of sp³-hybridized carbons (Fsp3) is 0.0652. The van der Waals surface area contributed by atoms with Crippen LogP contribution in [0.2, 0.25) is 0 Å². The van der Waals surface area contributed by atoms with Crippen molar-refractivity contribution >= 4 is 39.3 Å². The molecule has 0 aliphatic heterocycles. The Bertz CT molecular complexity index is 2420. The topological polar surface area (TPSA) is 0 Å². The smallest absolute Gasteiger partial charge is 1.00 e. The molecule has 0 atom stereocenters. The third kappa shape index (κ3) is 7.13. The molecule has 0 saturated heterocycles. The largest absolute Gasteiger partial charge is 3.00 e. The SMILES string of the molecule is Cc1ccc2c(c1)[cH-]c1c(C3=CC=CC3)c(C)c(=Cc3ccc(-c4ccccc4)cc3)c(=Cc3ccc(-c4ccccc4)cc3)c12.[Cl-].[Cl-].[Zr+3]. The number of allylic oxidation sites excluding steroid dienone is 4. The van der Waals surface area contributed by atoms with E-state index in [1.807, 2.05) is 0 Å². The normalized spacial score (nSPS) is 12.8. The van der Waals surface area contributed by atoms with Crippen LogP contribution in [0, 0.1) is 13.8 Å². The van der Waals surface area contributed by atoms with Gasteiger partial charge in [0.1, 0.15) is 0 Å². The van der Waals surface area contributed by atoms with Gasteiger partial charge in [-0.1, -0.05) is 173 Å². The molecular formula is C46H35Cl2Zr. The van der Waals surface area contributed by atoms with Gasteiger partial charge in [0.2, 0.25) is 0 Å². The van der Waals surface area contributed by atoms with Crippen LogP contribution in [0.25, 0.3) is 61.5 Å². The molecule has 0 amide bonds. The second kappa shape index (κ2) is 15.6. The van der Waals surface area contributed by atoms with E-state index in [4.69, 9.17) is 0 Å². The predicted octanol–water partition coefficient (Wildman–Crippen LogP) is 4.67. The van der Waals surface area contributed by atoms with Crippen LogP contribution >= 0.6 is 0 Å². The van der Waals surface area contributed by atoms with Crippen molar-refractivity contribution in [1.29, 1.82) is 0 Å². The molecule has 7 aromatic carbocycles. The van der Waals surface area contributed by atoms with E-state index in [-0.39, 0.29) is 51.0 Å². The Morgan fingerprint density at radius 1 is 0.592 bits per heavy atom. The van der Waals surface area contributed by atoms with Crippen LogP contribution in [-0.2, 0) is 26.2 Å². The van der Waals surface area contributed by atoms with Crippen LogP contribution in [-0.4, -0.2) is 0 Å². The van der Waals surface area contributed by atoms with Crippen LogP contribution in [0.3, 0.4) is 0 Å². The van der Waals surface area contributed by atoms with Crippen LogP contribution in [0.5, 0.6) is 0 Å². The second-order valence-electron chi connectivity index (χ2n) is 12.4. The number of halogens is 2. The van der Waals surface area contributed by atoms with Crippen molar-refractivity contribution in [3.05, 3.63) is 190 Å². The molecule has 0 fully saturated rings. The first-order valence-electron chi connectivity index (χ1n) is 16.2. The number of fused-ring (bicyclic) bond motifs is 3. The molecule has 8 rings (SSSR count). The van der Waals surface area contributed by atoms with Gasteiger partial charge in [-0.05, 0) is 64.9 Å². The molecule has 0 unspecified atom stereocenters. The van der Waals surface area contributed by atoms with Crippen molar-refractivity contribution in [3.8, 4) is 22.3 Å². The standard InChI is InChI=1S/C46H35.2ClH.Zr/c1-31-17-26-41-40(27-31)30-44-45(39-15-9-10-16-39)32(2)42(28-33-18-22-37(23-19-33)35-11-5-3-6-12-35)43(46(41)44)29-34-20-24-38(25-21-34)36-13-7-4-8-14-36;;;/h3-15,17-30H,16H2,1-2H3;2*1H;/q-1;;;+3/p-2.